The Morgan fingerprint density at radius 2 is 1.53 bits per heavy atom. The van der Waals surface area contributed by atoms with E-state index in [1.165, 1.54) is 23.5 Å². The van der Waals surface area contributed by atoms with Crippen molar-refractivity contribution in [1.29, 1.82) is 0 Å². The number of hydrogen-bond donors (Lipinski definition) is 3. The number of amides is 3. The van der Waals surface area contributed by atoms with Gasteiger partial charge < -0.3 is 15.4 Å². The lowest BCUT2D eigenvalue weighted by atomic mass is 10.1. The van der Waals surface area contributed by atoms with Crippen LogP contribution in [0.3, 0.4) is 0 Å². The number of carbonyl (C=O) groups excluding carboxylic acids is 3. The number of carbonyl (C=O) groups is 3. The van der Waals surface area contributed by atoms with Crippen LogP contribution in [0.5, 0.6) is 5.75 Å². The second-order valence-corrected chi connectivity index (χ2v) is 12.9. The third-order valence-corrected chi connectivity index (χ3v) is 8.87. The van der Waals surface area contributed by atoms with Gasteiger partial charge >= 0.3 is 0 Å². The largest absolute Gasteiger partial charge is 0.489 e. The van der Waals surface area contributed by atoms with Crippen LogP contribution in [-0.2, 0) is 16.2 Å². The van der Waals surface area contributed by atoms with Crippen LogP contribution in [0, 0.1) is 0 Å². The fourth-order valence-corrected chi connectivity index (χ4v) is 6.08. The maximum Gasteiger partial charge on any atom is 0.272 e. The van der Waals surface area contributed by atoms with Crippen molar-refractivity contribution < 1.29 is 19.1 Å². The molecule has 3 N–H and O–H groups in total. The molecule has 0 bridgehead atoms. The van der Waals surface area contributed by atoms with Gasteiger partial charge in [0.05, 0.1) is 5.75 Å². The van der Waals surface area contributed by atoms with Crippen molar-refractivity contribution >= 4 is 69.7 Å². The lowest BCUT2D eigenvalue weighted by Crippen LogP contribution is -2.30. The van der Waals surface area contributed by atoms with Crippen molar-refractivity contribution in [2.75, 3.05) is 22.1 Å². The van der Waals surface area contributed by atoms with Crippen LogP contribution >= 0.6 is 35.1 Å². The summed E-state index contributed by atoms with van der Waals surface area (Å²) in [7, 11) is 0. The first-order chi connectivity index (χ1) is 22.9. The maximum absolute atomic E-state index is 13.4. The highest BCUT2D eigenvalue weighted by Gasteiger charge is 2.16. The second-order valence-electron chi connectivity index (χ2n) is 9.85. The van der Waals surface area contributed by atoms with Crippen LogP contribution in [0.4, 0.5) is 10.8 Å². The van der Waals surface area contributed by atoms with Gasteiger partial charge in [-0.15, -0.1) is 11.8 Å². The number of rotatable bonds is 14. The van der Waals surface area contributed by atoms with Crippen LogP contribution in [0.25, 0.3) is 6.08 Å². The summed E-state index contributed by atoms with van der Waals surface area (Å²) in [5, 5.41) is 9.51. The van der Waals surface area contributed by atoms with Gasteiger partial charge in [-0.1, -0.05) is 79.3 Å². The third kappa shape index (κ3) is 10.6. The van der Waals surface area contributed by atoms with Gasteiger partial charge in [-0.25, -0.2) is 0 Å². The predicted molar refractivity (Wildman–Crippen MR) is 190 cm³/mol. The van der Waals surface area contributed by atoms with Crippen LogP contribution in [0.15, 0.2) is 125 Å². The Bertz CT molecular complexity index is 1810. The monoisotopic (exact) mass is 681 g/mol. The second kappa shape index (κ2) is 17.1. The molecular formula is C35H31N5O4S3. The first kappa shape index (κ1) is 33.5. The van der Waals surface area contributed by atoms with Crippen molar-refractivity contribution in [3.8, 4) is 5.75 Å². The van der Waals surface area contributed by atoms with Crippen LogP contribution in [0.1, 0.15) is 28.4 Å². The molecule has 0 atom stereocenters. The number of anilines is 2. The molecule has 9 nitrogen and oxygen atoms in total. The van der Waals surface area contributed by atoms with Gasteiger partial charge in [0, 0.05) is 27.7 Å². The first-order valence-electron chi connectivity index (χ1n) is 14.6. The summed E-state index contributed by atoms with van der Waals surface area (Å²) >= 11 is 4.03. The summed E-state index contributed by atoms with van der Waals surface area (Å²) in [6.45, 7) is 2.45. The standard InChI is InChI=1S/C35H31N5O4S3/c1-2-45-35-39-34(47-40-35)38-31(41)23-46-29-19-15-27(16-20-29)36-33(43)30(37-32(42)26-11-7-4-8-12-26)21-24-13-17-28(18-14-24)44-22-25-9-5-3-6-10-25/h3-21H,2,22-23H2,1H3,(H,36,43)(H,37,42)(H,38,39,40,41)/b30-21-. The fourth-order valence-electron chi connectivity index (χ4n) is 4.10. The molecule has 238 valence electrons. The van der Waals surface area contributed by atoms with E-state index in [1.807, 2.05) is 79.7 Å². The number of aromatic nitrogens is 2. The zero-order valence-corrected chi connectivity index (χ0v) is 27.8. The van der Waals surface area contributed by atoms with Crippen molar-refractivity contribution in [1.82, 2.24) is 14.7 Å². The number of ether oxygens (including phenoxy) is 1. The van der Waals surface area contributed by atoms with Gasteiger partial charge in [0.2, 0.25) is 16.2 Å². The third-order valence-electron chi connectivity index (χ3n) is 6.38. The maximum atomic E-state index is 13.4. The van der Waals surface area contributed by atoms with E-state index in [4.69, 9.17) is 4.74 Å². The molecule has 0 spiro atoms. The fraction of sp³-hybridized carbons (Fsp3) is 0.114. The zero-order valence-electron chi connectivity index (χ0n) is 25.3. The highest BCUT2D eigenvalue weighted by molar-refractivity contribution is 8.00. The van der Waals surface area contributed by atoms with E-state index in [0.29, 0.717) is 39.5 Å². The Kier molecular flexibility index (Phi) is 12.2. The molecule has 1 heterocycles. The smallest absolute Gasteiger partial charge is 0.272 e. The van der Waals surface area contributed by atoms with E-state index in [-0.39, 0.29) is 17.4 Å². The van der Waals surface area contributed by atoms with Gasteiger partial charge in [-0.05, 0) is 71.5 Å². The Morgan fingerprint density at radius 3 is 2.23 bits per heavy atom. The Morgan fingerprint density at radius 1 is 0.830 bits per heavy atom. The number of nitrogens with one attached hydrogen (secondary N) is 3. The van der Waals surface area contributed by atoms with E-state index in [9.17, 15) is 14.4 Å². The average molecular weight is 682 g/mol. The molecule has 3 amide bonds. The van der Waals surface area contributed by atoms with Crippen LogP contribution < -0.4 is 20.7 Å². The molecule has 0 aliphatic rings. The Hall–Kier alpha value is -4.91. The predicted octanol–water partition coefficient (Wildman–Crippen LogP) is 7.37. The molecule has 0 aliphatic carbocycles. The van der Waals surface area contributed by atoms with E-state index in [0.717, 1.165) is 27.7 Å². The van der Waals surface area contributed by atoms with E-state index in [1.54, 1.807) is 42.5 Å². The highest BCUT2D eigenvalue weighted by Crippen LogP contribution is 2.23. The van der Waals surface area contributed by atoms with Crippen molar-refractivity contribution in [2.24, 2.45) is 0 Å². The van der Waals surface area contributed by atoms with Gasteiger partial charge in [0.25, 0.3) is 11.8 Å². The number of benzene rings is 4. The number of hydrogen-bond acceptors (Lipinski definition) is 9. The zero-order chi connectivity index (χ0) is 32.8. The molecule has 5 rings (SSSR count). The molecule has 0 saturated heterocycles. The number of nitrogens with zero attached hydrogens (tertiary/aromatic N) is 2. The van der Waals surface area contributed by atoms with Crippen molar-refractivity contribution in [2.45, 2.75) is 23.6 Å². The van der Waals surface area contributed by atoms with Crippen molar-refractivity contribution in [3.63, 3.8) is 0 Å². The normalized spacial score (nSPS) is 11.0. The van der Waals surface area contributed by atoms with E-state index in [2.05, 4.69) is 25.3 Å². The topological polar surface area (TPSA) is 122 Å². The molecule has 4 aromatic carbocycles. The molecule has 0 unspecified atom stereocenters. The molecule has 0 aliphatic heterocycles. The molecule has 0 fully saturated rings. The summed E-state index contributed by atoms with van der Waals surface area (Å²) in [5.74, 6) is 0.647. The van der Waals surface area contributed by atoms with E-state index < -0.39 is 11.8 Å². The summed E-state index contributed by atoms with van der Waals surface area (Å²) in [6.07, 6.45) is 1.61. The van der Waals surface area contributed by atoms with Gasteiger partial charge in [-0.3, -0.25) is 19.7 Å². The average Bonchev–Trinajstić information content (AvgIpc) is 3.54. The number of thioether (sulfide) groups is 2. The van der Waals surface area contributed by atoms with Crippen molar-refractivity contribution in [3.05, 3.63) is 132 Å². The first-order valence-corrected chi connectivity index (χ1v) is 17.3. The Balaban J connectivity index is 1.21. The molecule has 0 radical (unpaired) electrons. The minimum atomic E-state index is -0.490. The van der Waals surface area contributed by atoms with Gasteiger partial charge in [-0.2, -0.15) is 9.36 Å². The van der Waals surface area contributed by atoms with E-state index >= 15 is 0 Å². The summed E-state index contributed by atoms with van der Waals surface area (Å²) in [6, 6.07) is 32.9. The summed E-state index contributed by atoms with van der Waals surface area (Å²) in [5.41, 5.74) is 2.79. The lowest BCUT2D eigenvalue weighted by molar-refractivity contribution is -0.114. The lowest BCUT2D eigenvalue weighted by Gasteiger charge is -2.12. The molecule has 5 aromatic rings. The summed E-state index contributed by atoms with van der Waals surface area (Å²) in [4.78, 5) is 44.0. The molecule has 47 heavy (non-hydrogen) atoms. The summed E-state index contributed by atoms with van der Waals surface area (Å²) < 4.78 is 10.1. The van der Waals surface area contributed by atoms with Crippen LogP contribution in [0.2, 0.25) is 0 Å². The van der Waals surface area contributed by atoms with Gasteiger partial charge in [0.15, 0.2) is 0 Å². The van der Waals surface area contributed by atoms with Crippen LogP contribution in [-0.4, -0.2) is 38.6 Å². The SMILES string of the molecule is CCSc1nsc(NC(=O)CSc2ccc(NC(=O)/C(=C/c3ccc(OCc4ccccc4)cc3)NC(=O)c3ccccc3)cc2)n1. The molecule has 0 saturated carbocycles. The molecule has 1 aromatic heterocycles. The quantitative estimate of drug-likeness (QED) is 0.0821. The highest BCUT2D eigenvalue weighted by atomic mass is 32.2. The minimum Gasteiger partial charge on any atom is -0.489 e. The Labute approximate surface area is 285 Å². The van der Waals surface area contributed by atoms with Gasteiger partial charge in [0.1, 0.15) is 18.1 Å². The molecule has 12 heteroatoms. The molecular weight excluding hydrogens is 651 g/mol. The minimum absolute atomic E-state index is 0.0732.